The van der Waals surface area contributed by atoms with Gasteiger partial charge in [0.2, 0.25) is 5.78 Å². The normalized spacial score (nSPS) is 10.4. The van der Waals surface area contributed by atoms with Gasteiger partial charge in [-0.1, -0.05) is 18.2 Å². The molecule has 0 aromatic heterocycles. The lowest BCUT2D eigenvalue weighted by molar-refractivity contribution is 0.101. The third-order valence-corrected chi connectivity index (χ3v) is 2.85. The number of ketones is 2. The zero-order valence-electron chi connectivity index (χ0n) is 9.24. The Hall–Kier alpha value is -1.09. The molecule has 0 amide bonds. The van der Waals surface area contributed by atoms with E-state index in [9.17, 15) is 9.59 Å². The molecule has 0 fully saturated rings. The van der Waals surface area contributed by atoms with Crippen molar-refractivity contribution in [3.05, 3.63) is 35.4 Å². The third kappa shape index (κ3) is 3.51. The van der Waals surface area contributed by atoms with Crippen molar-refractivity contribution >= 4 is 22.5 Å². The maximum Gasteiger partial charge on any atom is 0.211 e. The van der Waals surface area contributed by atoms with Crippen LogP contribution in [0.4, 0.5) is 0 Å². The molecule has 3 heteroatoms. The summed E-state index contributed by atoms with van der Waals surface area (Å²) in [4.78, 5) is 22.9. The van der Waals surface area contributed by atoms with Crippen LogP contribution in [0.15, 0.2) is 24.3 Å². The van der Waals surface area contributed by atoms with Crippen LogP contribution in [0.5, 0.6) is 0 Å². The van der Waals surface area contributed by atoms with Crippen LogP contribution in [0, 0.1) is 0 Å². The van der Waals surface area contributed by atoms with Crippen molar-refractivity contribution in [2.75, 3.05) is 18.3 Å². The largest absolute Gasteiger partial charge is 0.295 e. The SMILES string of the molecule is CC(=O)c1cccc(C(=O)C[S+](C)C)c1. The van der Waals surface area contributed by atoms with Gasteiger partial charge in [-0.2, -0.15) is 0 Å². The standard InChI is InChI=1S/C12H15O2S/c1-9(13)10-5-4-6-11(7-10)12(14)8-15(2)3/h4-7H,8H2,1-3H3/q+1. The topological polar surface area (TPSA) is 34.1 Å². The molecule has 0 heterocycles. The predicted molar refractivity (Wildman–Crippen MR) is 64.9 cm³/mol. The smallest absolute Gasteiger partial charge is 0.211 e. The fourth-order valence-corrected chi connectivity index (χ4v) is 1.95. The second kappa shape index (κ2) is 5.12. The fraction of sp³-hybridized carbons (Fsp3) is 0.333. The molecule has 0 unspecified atom stereocenters. The van der Waals surface area contributed by atoms with Gasteiger partial charge in [-0.3, -0.25) is 9.59 Å². The Labute approximate surface area is 93.0 Å². The first-order chi connectivity index (χ1) is 7.00. The number of benzene rings is 1. The van der Waals surface area contributed by atoms with Gasteiger partial charge in [0.05, 0.1) is 12.5 Å². The lowest BCUT2D eigenvalue weighted by Crippen LogP contribution is -2.14. The molecule has 1 rings (SSSR count). The van der Waals surface area contributed by atoms with Crippen LogP contribution in [-0.4, -0.2) is 29.8 Å². The van der Waals surface area contributed by atoms with E-state index >= 15 is 0 Å². The number of carbonyl (C=O) groups excluding carboxylic acids is 2. The number of carbonyl (C=O) groups is 2. The molecule has 1 aromatic rings. The van der Waals surface area contributed by atoms with Crippen molar-refractivity contribution in [2.24, 2.45) is 0 Å². The van der Waals surface area contributed by atoms with Gasteiger partial charge in [0, 0.05) is 11.1 Å². The summed E-state index contributed by atoms with van der Waals surface area (Å²) in [6, 6.07) is 6.93. The Bertz CT molecular complexity index is 383. The molecule has 0 N–H and O–H groups in total. The molecule has 15 heavy (non-hydrogen) atoms. The van der Waals surface area contributed by atoms with Crippen molar-refractivity contribution in [3.8, 4) is 0 Å². The van der Waals surface area contributed by atoms with E-state index in [1.54, 1.807) is 24.3 Å². The van der Waals surface area contributed by atoms with Crippen molar-refractivity contribution in [3.63, 3.8) is 0 Å². The summed E-state index contributed by atoms with van der Waals surface area (Å²) >= 11 is 0. The van der Waals surface area contributed by atoms with Gasteiger partial charge in [0.1, 0.15) is 0 Å². The minimum absolute atomic E-state index is 0.00311. The lowest BCUT2D eigenvalue weighted by Gasteiger charge is -2.01. The highest BCUT2D eigenvalue weighted by atomic mass is 32.2. The van der Waals surface area contributed by atoms with E-state index in [4.69, 9.17) is 0 Å². The van der Waals surface area contributed by atoms with Crippen LogP contribution >= 0.6 is 0 Å². The van der Waals surface area contributed by atoms with Gasteiger partial charge in [-0.15, -0.1) is 0 Å². The van der Waals surface area contributed by atoms with E-state index in [-0.39, 0.29) is 22.5 Å². The van der Waals surface area contributed by atoms with E-state index in [1.165, 1.54) is 6.92 Å². The van der Waals surface area contributed by atoms with E-state index in [0.717, 1.165) is 0 Å². The molecule has 2 nitrogen and oxygen atoms in total. The molecule has 0 saturated carbocycles. The second-order valence-electron chi connectivity index (χ2n) is 3.69. The summed E-state index contributed by atoms with van der Waals surface area (Å²) < 4.78 is 0. The van der Waals surface area contributed by atoms with Crippen LogP contribution < -0.4 is 0 Å². The molecule has 0 aliphatic rings. The van der Waals surface area contributed by atoms with Gasteiger partial charge in [-0.25, -0.2) is 0 Å². The first-order valence-corrected chi connectivity index (χ1v) is 6.90. The van der Waals surface area contributed by atoms with Crippen LogP contribution in [0.1, 0.15) is 27.6 Å². The molecule has 0 bridgehead atoms. The van der Waals surface area contributed by atoms with E-state index in [1.807, 2.05) is 12.5 Å². The molecule has 0 aliphatic carbocycles. The minimum atomic E-state index is -0.00311. The summed E-state index contributed by atoms with van der Waals surface area (Å²) in [7, 11) is 0.102. The van der Waals surface area contributed by atoms with Crippen molar-refractivity contribution in [1.82, 2.24) is 0 Å². The molecular weight excluding hydrogens is 208 g/mol. The van der Waals surface area contributed by atoms with Crippen molar-refractivity contribution < 1.29 is 9.59 Å². The van der Waals surface area contributed by atoms with E-state index in [0.29, 0.717) is 16.9 Å². The van der Waals surface area contributed by atoms with E-state index < -0.39 is 0 Å². The Morgan fingerprint density at radius 1 is 1.20 bits per heavy atom. The van der Waals surface area contributed by atoms with Crippen molar-refractivity contribution in [2.45, 2.75) is 6.92 Å². The average Bonchev–Trinajstić information content (AvgIpc) is 2.17. The van der Waals surface area contributed by atoms with Gasteiger partial charge < -0.3 is 0 Å². The molecule has 0 spiro atoms. The van der Waals surface area contributed by atoms with Crippen LogP contribution in [0.2, 0.25) is 0 Å². The first kappa shape index (κ1) is 12.0. The summed E-state index contributed by atoms with van der Waals surface area (Å²) in [5.74, 6) is 0.671. The maximum atomic E-state index is 11.7. The lowest BCUT2D eigenvalue weighted by atomic mass is 10.1. The Morgan fingerprint density at radius 2 is 1.80 bits per heavy atom. The summed E-state index contributed by atoms with van der Waals surface area (Å²) in [6.45, 7) is 1.51. The molecule has 80 valence electrons. The molecule has 0 atom stereocenters. The van der Waals surface area contributed by atoms with Gasteiger partial charge in [-0.05, 0) is 23.9 Å². The third-order valence-electron chi connectivity index (χ3n) is 2.01. The second-order valence-corrected chi connectivity index (χ2v) is 5.95. The minimum Gasteiger partial charge on any atom is -0.295 e. The molecular formula is C12H15O2S+. The van der Waals surface area contributed by atoms with Gasteiger partial charge >= 0.3 is 0 Å². The fourth-order valence-electron chi connectivity index (χ4n) is 1.26. The highest BCUT2D eigenvalue weighted by Gasteiger charge is 2.14. The summed E-state index contributed by atoms with van der Waals surface area (Å²) in [5, 5.41) is 0. The number of Topliss-reactive ketones (excluding diaryl/α,β-unsaturated/α-hetero) is 2. The monoisotopic (exact) mass is 223 g/mol. The zero-order chi connectivity index (χ0) is 11.4. The zero-order valence-corrected chi connectivity index (χ0v) is 10.1. The number of hydrogen-bond acceptors (Lipinski definition) is 2. The number of rotatable bonds is 4. The Kier molecular flexibility index (Phi) is 4.09. The summed E-state index contributed by atoms with van der Waals surface area (Å²) in [5.41, 5.74) is 1.25. The van der Waals surface area contributed by atoms with Gasteiger partial charge in [0.15, 0.2) is 11.5 Å². The molecule has 0 aliphatic heterocycles. The average molecular weight is 223 g/mol. The Balaban J connectivity index is 2.90. The first-order valence-electron chi connectivity index (χ1n) is 4.69. The van der Waals surface area contributed by atoms with Gasteiger partial charge in [0.25, 0.3) is 0 Å². The number of hydrogen-bond donors (Lipinski definition) is 0. The molecule has 0 saturated heterocycles. The predicted octanol–water partition coefficient (Wildman–Crippen LogP) is 1.95. The molecule has 0 radical (unpaired) electrons. The highest BCUT2D eigenvalue weighted by molar-refractivity contribution is 7.96. The van der Waals surface area contributed by atoms with Crippen molar-refractivity contribution in [1.29, 1.82) is 0 Å². The Morgan fingerprint density at radius 3 is 2.33 bits per heavy atom. The van der Waals surface area contributed by atoms with Crippen LogP contribution in [0.25, 0.3) is 0 Å². The quantitative estimate of drug-likeness (QED) is 0.577. The van der Waals surface area contributed by atoms with Crippen LogP contribution in [0.3, 0.4) is 0 Å². The maximum absolute atomic E-state index is 11.7. The van der Waals surface area contributed by atoms with E-state index in [2.05, 4.69) is 0 Å². The highest BCUT2D eigenvalue weighted by Crippen LogP contribution is 2.08. The molecule has 1 aromatic carbocycles. The van der Waals surface area contributed by atoms with Crippen LogP contribution in [-0.2, 0) is 10.9 Å². The summed E-state index contributed by atoms with van der Waals surface area (Å²) in [6.07, 6.45) is 4.07.